The van der Waals surface area contributed by atoms with Crippen LogP contribution in [0.15, 0.2) is 41.6 Å². The number of nitroso groups, excluding NO2 is 1. The first-order chi connectivity index (χ1) is 29.6. The van der Waals surface area contributed by atoms with Crippen molar-refractivity contribution < 1.29 is 66.7 Å². The Labute approximate surface area is 356 Å². The minimum absolute atomic E-state index is 0.0365. The number of benzene rings is 1. The van der Waals surface area contributed by atoms with E-state index in [-0.39, 0.29) is 63.4 Å². The van der Waals surface area contributed by atoms with Crippen LogP contribution in [-0.2, 0) is 73.2 Å². The number of rotatable bonds is 38. The van der Waals surface area contributed by atoms with E-state index in [1.54, 1.807) is 38.1 Å². The van der Waals surface area contributed by atoms with Gasteiger partial charge < -0.3 is 59.2 Å². The lowest BCUT2D eigenvalue weighted by atomic mass is 10.0. The predicted molar refractivity (Wildman–Crippen MR) is 219 cm³/mol. The SMILES string of the molecule is CC(C)C(NC(=O)CCOCCOCCOCCOCCOCCOCCOCCOCCNC(=O)CCN1C(=O)C=CC1=O)C(=O)NCC(=O)Nc1ccc(CN=O)cc1. The van der Waals surface area contributed by atoms with E-state index in [4.69, 9.17) is 37.9 Å². The standard InChI is InChI=1S/C40H62N6O15/c1-31(2)39(40(52)42-30-36(49)44-33-5-3-32(4-6-33)29-43-53)45-35(48)10-13-54-15-17-56-19-21-58-23-25-60-27-28-61-26-24-59-22-20-57-18-16-55-14-11-41-34(47)9-12-46-37(50)7-8-38(46)51/h3-8,31,39H,9-30H2,1-2H3,(H,41,47)(H,42,52)(H,44,49)(H,45,48). The molecule has 1 aromatic rings. The zero-order valence-electron chi connectivity index (χ0n) is 35.2. The van der Waals surface area contributed by atoms with Crippen molar-refractivity contribution in [3.8, 4) is 0 Å². The number of nitrogens with one attached hydrogen (secondary N) is 4. The van der Waals surface area contributed by atoms with Gasteiger partial charge in [0.25, 0.3) is 11.8 Å². The van der Waals surface area contributed by atoms with E-state index in [9.17, 15) is 33.7 Å². The van der Waals surface area contributed by atoms with Crippen LogP contribution in [0.25, 0.3) is 0 Å². The fourth-order valence-electron chi connectivity index (χ4n) is 5.05. The first-order valence-corrected chi connectivity index (χ1v) is 20.3. The topological polar surface area (TPSA) is 257 Å². The predicted octanol–water partition coefficient (Wildman–Crippen LogP) is 0.103. The van der Waals surface area contributed by atoms with Crippen LogP contribution in [0.5, 0.6) is 0 Å². The molecule has 0 aromatic heterocycles. The number of hydrogen-bond acceptors (Lipinski definition) is 16. The van der Waals surface area contributed by atoms with Crippen molar-refractivity contribution in [2.24, 2.45) is 11.1 Å². The Hall–Kier alpha value is -4.74. The Bertz CT molecular complexity index is 1460. The fourth-order valence-corrected chi connectivity index (χ4v) is 5.05. The highest BCUT2D eigenvalue weighted by molar-refractivity contribution is 6.13. The molecule has 0 saturated carbocycles. The highest BCUT2D eigenvalue weighted by atomic mass is 16.6. The molecule has 2 rings (SSSR count). The highest BCUT2D eigenvalue weighted by Gasteiger charge is 2.25. The molecule has 0 fully saturated rings. The van der Waals surface area contributed by atoms with Crippen molar-refractivity contribution in [2.75, 3.05) is 131 Å². The van der Waals surface area contributed by atoms with E-state index < -0.39 is 29.7 Å². The van der Waals surface area contributed by atoms with Gasteiger partial charge in [-0.1, -0.05) is 31.2 Å². The number of carbonyl (C=O) groups excluding carboxylic acids is 6. The monoisotopic (exact) mass is 866 g/mol. The lowest BCUT2D eigenvalue weighted by Gasteiger charge is -2.21. The van der Waals surface area contributed by atoms with Gasteiger partial charge in [-0.2, -0.15) is 4.91 Å². The smallest absolute Gasteiger partial charge is 0.253 e. The fraction of sp³-hybridized carbons (Fsp3) is 0.650. The summed E-state index contributed by atoms with van der Waals surface area (Å²) in [5.74, 6) is -2.58. The lowest BCUT2D eigenvalue weighted by Crippen LogP contribution is -2.51. The number of nitrogens with zero attached hydrogens (tertiary/aromatic N) is 2. The molecule has 1 aliphatic heterocycles. The Morgan fingerprint density at radius 1 is 0.590 bits per heavy atom. The molecule has 1 unspecified atom stereocenters. The van der Waals surface area contributed by atoms with Gasteiger partial charge in [-0.3, -0.25) is 33.7 Å². The maximum absolute atomic E-state index is 12.7. The molecule has 21 nitrogen and oxygen atoms in total. The average Bonchev–Trinajstić information content (AvgIpc) is 3.56. The van der Waals surface area contributed by atoms with E-state index in [2.05, 4.69) is 26.4 Å². The molecule has 0 aliphatic carbocycles. The molecule has 1 aliphatic rings. The van der Waals surface area contributed by atoms with E-state index in [0.29, 0.717) is 110 Å². The van der Waals surface area contributed by atoms with E-state index in [0.717, 1.165) is 4.90 Å². The first-order valence-electron chi connectivity index (χ1n) is 20.3. The number of imide groups is 1. The van der Waals surface area contributed by atoms with Crippen molar-refractivity contribution in [1.82, 2.24) is 20.9 Å². The summed E-state index contributed by atoms with van der Waals surface area (Å²) in [4.78, 5) is 83.5. The van der Waals surface area contributed by atoms with Gasteiger partial charge in [-0.25, -0.2) is 0 Å². The summed E-state index contributed by atoms with van der Waals surface area (Å²) in [5.41, 5.74) is 1.22. The molecule has 0 spiro atoms. The molecular formula is C40H62N6O15. The summed E-state index contributed by atoms with van der Waals surface area (Å²) in [6.07, 6.45) is 2.45. The Morgan fingerprint density at radius 2 is 1.05 bits per heavy atom. The second-order valence-corrected chi connectivity index (χ2v) is 13.4. The molecule has 0 bridgehead atoms. The molecule has 0 radical (unpaired) electrons. The van der Waals surface area contributed by atoms with Crippen molar-refractivity contribution in [1.29, 1.82) is 0 Å². The summed E-state index contributed by atoms with van der Waals surface area (Å²) in [5, 5.41) is 13.4. The number of amides is 6. The van der Waals surface area contributed by atoms with Gasteiger partial charge in [0.1, 0.15) is 12.6 Å². The third kappa shape index (κ3) is 26.3. The lowest BCUT2D eigenvalue weighted by molar-refractivity contribution is -0.137. The van der Waals surface area contributed by atoms with E-state index in [1.807, 2.05) is 0 Å². The van der Waals surface area contributed by atoms with Gasteiger partial charge in [0.05, 0.1) is 112 Å². The van der Waals surface area contributed by atoms with Crippen LogP contribution in [0.1, 0.15) is 32.3 Å². The van der Waals surface area contributed by atoms with Crippen LogP contribution >= 0.6 is 0 Å². The third-order valence-electron chi connectivity index (χ3n) is 8.28. The Kier molecular flexibility index (Phi) is 29.1. The minimum Gasteiger partial charge on any atom is -0.379 e. The summed E-state index contributed by atoms with van der Waals surface area (Å²) in [7, 11) is 0. The zero-order valence-corrected chi connectivity index (χ0v) is 35.2. The van der Waals surface area contributed by atoms with Crippen LogP contribution in [-0.4, -0.2) is 172 Å². The number of ether oxygens (including phenoxy) is 8. The minimum atomic E-state index is -0.828. The van der Waals surface area contributed by atoms with E-state index >= 15 is 0 Å². The van der Waals surface area contributed by atoms with Crippen LogP contribution in [0.3, 0.4) is 0 Å². The zero-order chi connectivity index (χ0) is 44.3. The summed E-state index contributed by atoms with van der Waals surface area (Å²) >= 11 is 0. The first kappa shape index (κ1) is 52.4. The summed E-state index contributed by atoms with van der Waals surface area (Å²) in [6, 6.07) is 5.78. The Morgan fingerprint density at radius 3 is 1.51 bits per heavy atom. The molecule has 21 heteroatoms. The molecule has 0 saturated heterocycles. The second-order valence-electron chi connectivity index (χ2n) is 13.4. The van der Waals surface area contributed by atoms with Crippen molar-refractivity contribution in [3.63, 3.8) is 0 Å². The van der Waals surface area contributed by atoms with Crippen LogP contribution in [0.2, 0.25) is 0 Å². The maximum atomic E-state index is 12.7. The maximum Gasteiger partial charge on any atom is 0.253 e. The third-order valence-corrected chi connectivity index (χ3v) is 8.28. The van der Waals surface area contributed by atoms with Crippen molar-refractivity contribution >= 4 is 41.1 Å². The number of carbonyl (C=O) groups is 6. The van der Waals surface area contributed by atoms with Gasteiger partial charge in [0, 0.05) is 43.8 Å². The van der Waals surface area contributed by atoms with Gasteiger partial charge >= 0.3 is 0 Å². The van der Waals surface area contributed by atoms with Crippen LogP contribution < -0.4 is 21.3 Å². The van der Waals surface area contributed by atoms with Gasteiger partial charge in [0.2, 0.25) is 23.6 Å². The van der Waals surface area contributed by atoms with Crippen LogP contribution in [0.4, 0.5) is 5.69 Å². The van der Waals surface area contributed by atoms with Gasteiger partial charge in [-0.05, 0) is 23.6 Å². The quantitative estimate of drug-likeness (QED) is 0.0391. The van der Waals surface area contributed by atoms with Gasteiger partial charge in [-0.15, -0.1) is 0 Å². The van der Waals surface area contributed by atoms with Gasteiger partial charge in [0.15, 0.2) is 0 Å². The van der Waals surface area contributed by atoms with Crippen molar-refractivity contribution in [3.05, 3.63) is 46.9 Å². The Balaban J connectivity index is 1.28. The molecule has 342 valence electrons. The highest BCUT2D eigenvalue weighted by Crippen LogP contribution is 2.10. The largest absolute Gasteiger partial charge is 0.379 e. The number of anilines is 1. The molecule has 1 heterocycles. The summed E-state index contributed by atoms with van der Waals surface area (Å²) < 4.78 is 43.6. The van der Waals surface area contributed by atoms with Crippen molar-refractivity contribution in [2.45, 2.75) is 39.3 Å². The second kappa shape index (κ2) is 33.9. The molecule has 1 atom stereocenters. The summed E-state index contributed by atoms with van der Waals surface area (Å²) in [6.45, 7) is 9.60. The molecule has 1 aromatic carbocycles. The molecular weight excluding hydrogens is 804 g/mol. The van der Waals surface area contributed by atoms with E-state index in [1.165, 1.54) is 12.2 Å². The average molecular weight is 867 g/mol. The normalized spacial score (nSPS) is 12.8. The molecule has 61 heavy (non-hydrogen) atoms. The van der Waals surface area contributed by atoms with Crippen LogP contribution in [0, 0.1) is 10.8 Å². The molecule has 4 N–H and O–H groups in total. The molecule has 6 amide bonds. The number of hydrogen-bond donors (Lipinski definition) is 4.